The standard InChI is InChI=1S/C32H68N4/c1-6-8-9-10-11-12-13-14-15-16-17-22-32-23-31-36(24-7-2)30-21-28-34(4)26-19-18-25-33(3)27-20-29-35(32)5/h32H,6-31H2,1-5H3. The van der Waals surface area contributed by atoms with Crippen molar-refractivity contribution in [3.8, 4) is 0 Å². The molecule has 1 aliphatic heterocycles. The van der Waals surface area contributed by atoms with E-state index >= 15 is 0 Å². The molecular weight excluding hydrogens is 440 g/mol. The minimum atomic E-state index is 0.756. The third kappa shape index (κ3) is 19.0. The van der Waals surface area contributed by atoms with Crippen molar-refractivity contribution in [1.82, 2.24) is 19.6 Å². The van der Waals surface area contributed by atoms with Gasteiger partial charge in [0.25, 0.3) is 0 Å². The topological polar surface area (TPSA) is 13.0 Å². The molecule has 0 bridgehead atoms. The molecule has 4 nitrogen and oxygen atoms in total. The third-order valence-electron chi connectivity index (χ3n) is 8.48. The molecule has 0 spiro atoms. The van der Waals surface area contributed by atoms with E-state index in [4.69, 9.17) is 0 Å². The maximum Gasteiger partial charge on any atom is 0.0104 e. The molecule has 0 aromatic rings. The lowest BCUT2D eigenvalue weighted by Crippen LogP contribution is -2.38. The third-order valence-corrected chi connectivity index (χ3v) is 8.48. The van der Waals surface area contributed by atoms with Crippen molar-refractivity contribution in [3.05, 3.63) is 0 Å². The van der Waals surface area contributed by atoms with Crippen LogP contribution >= 0.6 is 0 Å². The van der Waals surface area contributed by atoms with Crippen molar-refractivity contribution >= 4 is 0 Å². The van der Waals surface area contributed by atoms with Gasteiger partial charge in [-0.1, -0.05) is 84.5 Å². The zero-order valence-electron chi connectivity index (χ0n) is 25.8. The molecule has 1 unspecified atom stereocenters. The number of nitrogens with zero attached hydrogens (tertiary/aromatic N) is 4. The molecule has 0 radical (unpaired) electrons. The molecule has 1 saturated heterocycles. The molecule has 216 valence electrons. The van der Waals surface area contributed by atoms with Crippen molar-refractivity contribution in [1.29, 1.82) is 0 Å². The Hall–Kier alpha value is -0.160. The molecular formula is C32H68N4. The summed E-state index contributed by atoms with van der Waals surface area (Å²) in [6.07, 6.45) is 25.2. The molecule has 1 rings (SSSR count). The highest BCUT2D eigenvalue weighted by atomic mass is 15.2. The van der Waals surface area contributed by atoms with E-state index in [9.17, 15) is 0 Å². The first kappa shape index (κ1) is 33.9. The lowest BCUT2D eigenvalue weighted by Gasteiger charge is -2.31. The fourth-order valence-corrected chi connectivity index (χ4v) is 5.94. The minimum Gasteiger partial charge on any atom is -0.306 e. The highest BCUT2D eigenvalue weighted by Gasteiger charge is 2.17. The Balaban J connectivity index is 2.45. The van der Waals surface area contributed by atoms with Gasteiger partial charge in [-0.2, -0.15) is 0 Å². The predicted octanol–water partition coefficient (Wildman–Crippen LogP) is 7.53. The van der Waals surface area contributed by atoms with E-state index < -0.39 is 0 Å². The van der Waals surface area contributed by atoms with Crippen molar-refractivity contribution in [2.75, 3.05) is 73.5 Å². The van der Waals surface area contributed by atoms with E-state index in [-0.39, 0.29) is 0 Å². The van der Waals surface area contributed by atoms with Crippen LogP contribution in [0.4, 0.5) is 0 Å². The molecule has 1 heterocycles. The zero-order valence-corrected chi connectivity index (χ0v) is 25.8. The van der Waals surface area contributed by atoms with E-state index in [1.54, 1.807) is 0 Å². The number of rotatable bonds is 14. The summed E-state index contributed by atoms with van der Waals surface area (Å²) in [6.45, 7) is 14.7. The molecule has 4 heteroatoms. The maximum atomic E-state index is 2.76. The van der Waals surface area contributed by atoms with Crippen LogP contribution in [0.2, 0.25) is 0 Å². The minimum absolute atomic E-state index is 0.756. The van der Waals surface area contributed by atoms with Crippen LogP contribution < -0.4 is 0 Å². The Morgan fingerprint density at radius 1 is 0.500 bits per heavy atom. The second kappa shape index (κ2) is 23.9. The largest absolute Gasteiger partial charge is 0.306 e. The van der Waals surface area contributed by atoms with Gasteiger partial charge in [-0.25, -0.2) is 0 Å². The first-order chi connectivity index (χ1) is 17.6. The average molecular weight is 509 g/mol. The molecule has 1 fully saturated rings. The van der Waals surface area contributed by atoms with Crippen LogP contribution in [0.3, 0.4) is 0 Å². The smallest absolute Gasteiger partial charge is 0.0104 e. The number of unbranched alkanes of at least 4 members (excludes halogenated alkanes) is 10. The zero-order chi connectivity index (χ0) is 26.3. The molecule has 1 atom stereocenters. The summed E-state index contributed by atoms with van der Waals surface area (Å²) in [4.78, 5) is 10.6. The lowest BCUT2D eigenvalue weighted by molar-refractivity contribution is 0.171. The fraction of sp³-hybridized carbons (Fsp3) is 1.00. The summed E-state index contributed by atoms with van der Waals surface area (Å²) in [6, 6.07) is 0.756. The van der Waals surface area contributed by atoms with E-state index in [0.717, 1.165) is 6.04 Å². The first-order valence-corrected chi connectivity index (χ1v) is 16.4. The summed E-state index contributed by atoms with van der Waals surface area (Å²) in [5, 5.41) is 0. The highest BCUT2D eigenvalue weighted by molar-refractivity contribution is 4.73. The summed E-state index contributed by atoms with van der Waals surface area (Å²) in [5.74, 6) is 0. The van der Waals surface area contributed by atoms with Crippen LogP contribution in [0, 0.1) is 0 Å². The summed E-state index contributed by atoms with van der Waals surface area (Å²) < 4.78 is 0. The van der Waals surface area contributed by atoms with Gasteiger partial charge in [0.15, 0.2) is 0 Å². The van der Waals surface area contributed by atoms with Gasteiger partial charge in [0.05, 0.1) is 0 Å². The highest BCUT2D eigenvalue weighted by Crippen LogP contribution is 2.17. The number of hydrogen-bond donors (Lipinski definition) is 0. The SMILES string of the molecule is CCCCCCCCCCCCCC1CCN(CCC)CCCN(C)CCCCN(C)CCCN1C. The predicted molar refractivity (Wildman–Crippen MR) is 162 cm³/mol. The van der Waals surface area contributed by atoms with E-state index in [1.807, 2.05) is 0 Å². The molecule has 1 aliphatic rings. The van der Waals surface area contributed by atoms with Gasteiger partial charge in [0.1, 0.15) is 0 Å². The van der Waals surface area contributed by atoms with Gasteiger partial charge in [-0.15, -0.1) is 0 Å². The van der Waals surface area contributed by atoms with E-state index in [1.165, 1.54) is 168 Å². The molecule has 0 aliphatic carbocycles. The Bertz CT molecular complexity index is 457. The summed E-state index contributed by atoms with van der Waals surface area (Å²) in [7, 11) is 7.06. The van der Waals surface area contributed by atoms with Crippen LogP contribution in [-0.4, -0.2) is 99.1 Å². The average Bonchev–Trinajstić information content (AvgIpc) is 2.86. The molecule has 0 amide bonds. The van der Waals surface area contributed by atoms with Crippen LogP contribution in [0.5, 0.6) is 0 Å². The van der Waals surface area contributed by atoms with Gasteiger partial charge in [-0.05, 0) is 118 Å². The summed E-state index contributed by atoms with van der Waals surface area (Å²) >= 11 is 0. The Labute approximate surface area is 228 Å². The molecule has 0 aromatic carbocycles. The fourth-order valence-electron chi connectivity index (χ4n) is 5.94. The Morgan fingerprint density at radius 3 is 1.56 bits per heavy atom. The molecule has 0 saturated carbocycles. The molecule has 36 heavy (non-hydrogen) atoms. The quantitative estimate of drug-likeness (QED) is 0.225. The van der Waals surface area contributed by atoms with Gasteiger partial charge < -0.3 is 19.6 Å². The Morgan fingerprint density at radius 2 is 1.00 bits per heavy atom. The molecule has 0 aromatic heterocycles. The van der Waals surface area contributed by atoms with Crippen molar-refractivity contribution in [3.63, 3.8) is 0 Å². The van der Waals surface area contributed by atoms with Crippen molar-refractivity contribution < 1.29 is 0 Å². The van der Waals surface area contributed by atoms with Crippen molar-refractivity contribution in [2.24, 2.45) is 0 Å². The van der Waals surface area contributed by atoms with Gasteiger partial charge >= 0.3 is 0 Å². The van der Waals surface area contributed by atoms with Crippen molar-refractivity contribution in [2.45, 2.75) is 135 Å². The Kier molecular flexibility index (Phi) is 22.5. The second-order valence-corrected chi connectivity index (χ2v) is 12.1. The van der Waals surface area contributed by atoms with E-state index in [2.05, 4.69) is 54.6 Å². The normalized spacial score (nSPS) is 22.1. The van der Waals surface area contributed by atoms with Crippen LogP contribution in [0.25, 0.3) is 0 Å². The van der Waals surface area contributed by atoms with Gasteiger partial charge in [0.2, 0.25) is 0 Å². The van der Waals surface area contributed by atoms with Gasteiger partial charge in [-0.3, -0.25) is 0 Å². The number of hydrogen-bond acceptors (Lipinski definition) is 4. The summed E-state index contributed by atoms with van der Waals surface area (Å²) in [5.41, 5.74) is 0. The van der Waals surface area contributed by atoms with Crippen LogP contribution in [0.1, 0.15) is 129 Å². The second-order valence-electron chi connectivity index (χ2n) is 12.1. The van der Waals surface area contributed by atoms with E-state index in [0.29, 0.717) is 0 Å². The van der Waals surface area contributed by atoms with Crippen LogP contribution in [-0.2, 0) is 0 Å². The van der Waals surface area contributed by atoms with Gasteiger partial charge in [0, 0.05) is 6.04 Å². The first-order valence-electron chi connectivity index (χ1n) is 16.4. The monoisotopic (exact) mass is 509 g/mol. The molecule has 0 N–H and O–H groups in total. The van der Waals surface area contributed by atoms with Crippen LogP contribution in [0.15, 0.2) is 0 Å². The maximum absolute atomic E-state index is 2.76. The lowest BCUT2D eigenvalue weighted by atomic mass is 10.0.